The molecule has 8 rings (SSSR count). The summed E-state index contributed by atoms with van der Waals surface area (Å²) in [4.78, 5) is 21.7. The number of aromatic amines is 1. The lowest BCUT2D eigenvalue weighted by Gasteiger charge is -2.59. The molecule has 4 N–H and O–H groups in total. The van der Waals surface area contributed by atoms with E-state index in [1.165, 1.54) is 29.7 Å². The Morgan fingerprint density at radius 2 is 1.88 bits per heavy atom. The SMILES string of the molecule is O=C1CCCN2[C@H](CC1)C[C@@]13CN4CCCC/C=C\CC[C@@](O)(C=C([C@@H]5NCCc6c5[nH]c5c(O)cccc65)[C@H]1CC4)[C@@H]23. The number of aromatic hydroxyl groups is 1. The van der Waals surface area contributed by atoms with Crippen LogP contribution in [0.5, 0.6) is 5.75 Å². The van der Waals surface area contributed by atoms with Gasteiger partial charge in [0.1, 0.15) is 11.5 Å². The number of piperidine rings is 1. The zero-order valence-electron chi connectivity index (χ0n) is 25.5. The number of nitrogens with one attached hydrogen (secondary N) is 2. The number of ketones is 1. The van der Waals surface area contributed by atoms with Gasteiger partial charge >= 0.3 is 0 Å². The molecule has 5 aliphatic heterocycles. The highest BCUT2D eigenvalue weighted by Crippen LogP contribution is 2.62. The van der Waals surface area contributed by atoms with Gasteiger partial charge in [-0.15, -0.1) is 0 Å². The predicted octanol–water partition coefficient (Wildman–Crippen LogP) is 5.15. The Balaban J connectivity index is 1.29. The maximum atomic E-state index is 13.1. The van der Waals surface area contributed by atoms with E-state index in [4.69, 9.17) is 0 Å². The van der Waals surface area contributed by atoms with E-state index in [9.17, 15) is 15.0 Å². The van der Waals surface area contributed by atoms with Crippen molar-refractivity contribution >= 4 is 16.7 Å². The van der Waals surface area contributed by atoms with Crippen LogP contribution in [0.4, 0.5) is 0 Å². The minimum atomic E-state index is -0.946. The zero-order valence-corrected chi connectivity index (χ0v) is 25.5. The third-order valence-corrected chi connectivity index (χ3v) is 12.1. The predicted molar refractivity (Wildman–Crippen MR) is 169 cm³/mol. The molecule has 1 spiro atoms. The van der Waals surface area contributed by atoms with Gasteiger partial charge in [-0.1, -0.05) is 30.4 Å². The number of fused-ring (bicyclic) bond motifs is 5. The molecule has 2 aromatic rings. The first-order valence-corrected chi connectivity index (χ1v) is 17.1. The summed E-state index contributed by atoms with van der Waals surface area (Å²) >= 11 is 0. The molecule has 1 unspecified atom stereocenters. The van der Waals surface area contributed by atoms with Crippen LogP contribution in [0.3, 0.4) is 0 Å². The summed E-state index contributed by atoms with van der Waals surface area (Å²) in [7, 11) is 0. The van der Waals surface area contributed by atoms with Gasteiger partial charge < -0.3 is 25.4 Å². The van der Waals surface area contributed by atoms with E-state index in [1.807, 2.05) is 6.07 Å². The first kappa shape index (κ1) is 28.1. The number of aliphatic hydroxyl groups is 1. The summed E-state index contributed by atoms with van der Waals surface area (Å²) < 4.78 is 0. The number of phenolic OH excluding ortho intramolecular Hbond substituents is 1. The Bertz CT molecular complexity index is 1460. The standard InChI is InChI=1S/C36H48N4O3/c41-25-9-8-19-40-24(12-13-25)21-35-23-39-18-6-4-2-1-3-5-16-36(43,34(35)40)22-28(29(35)15-20-39)32-33-27(14-17-37-32)26-10-7-11-30(42)31(26)38-33/h1,3,7,10-11,22,24,29,32,34,37-38,42-43H,2,4-6,8-9,12-21,23H2/b3-1-/t24-,29-,32+,34+,35-,36-/m1/s1. The van der Waals surface area contributed by atoms with Crippen LogP contribution in [-0.2, 0) is 11.2 Å². The van der Waals surface area contributed by atoms with Crippen molar-refractivity contribution in [2.24, 2.45) is 11.3 Å². The highest BCUT2D eigenvalue weighted by molar-refractivity contribution is 5.90. The molecule has 0 saturated carbocycles. The number of hydrogen-bond acceptors (Lipinski definition) is 6. The molecule has 3 fully saturated rings. The lowest BCUT2D eigenvalue weighted by atomic mass is 9.54. The first-order valence-electron chi connectivity index (χ1n) is 17.1. The van der Waals surface area contributed by atoms with Crippen molar-refractivity contribution in [1.82, 2.24) is 20.1 Å². The molecular formula is C36H48N4O3. The molecule has 6 aliphatic rings. The molecule has 7 heteroatoms. The maximum Gasteiger partial charge on any atom is 0.139 e. The molecule has 0 amide bonds. The molecule has 6 heterocycles. The summed E-state index contributed by atoms with van der Waals surface area (Å²) in [6.07, 6.45) is 18.4. The van der Waals surface area contributed by atoms with Gasteiger partial charge in [0.2, 0.25) is 0 Å². The monoisotopic (exact) mass is 584 g/mol. The van der Waals surface area contributed by atoms with E-state index in [1.54, 1.807) is 6.07 Å². The summed E-state index contributed by atoms with van der Waals surface area (Å²) in [5.74, 6) is 1.08. The third-order valence-electron chi connectivity index (χ3n) is 12.1. The Kier molecular flexibility index (Phi) is 7.09. The summed E-state index contributed by atoms with van der Waals surface area (Å²) in [5.41, 5.74) is 3.65. The molecule has 7 nitrogen and oxygen atoms in total. The molecule has 3 saturated heterocycles. The number of benzene rings is 1. The van der Waals surface area contributed by atoms with Crippen LogP contribution in [0, 0.1) is 11.3 Å². The van der Waals surface area contributed by atoms with Crippen LogP contribution in [0.1, 0.15) is 87.9 Å². The van der Waals surface area contributed by atoms with E-state index in [0.29, 0.717) is 36.3 Å². The molecule has 230 valence electrons. The van der Waals surface area contributed by atoms with E-state index >= 15 is 0 Å². The van der Waals surface area contributed by atoms with Gasteiger partial charge in [-0.2, -0.15) is 0 Å². The molecule has 1 aromatic carbocycles. The number of carbonyl (C=O) groups excluding carboxylic acids is 1. The van der Waals surface area contributed by atoms with Gasteiger partial charge in [0, 0.05) is 54.5 Å². The van der Waals surface area contributed by atoms with Crippen molar-refractivity contribution in [3.8, 4) is 5.75 Å². The van der Waals surface area contributed by atoms with Gasteiger partial charge in [0.25, 0.3) is 0 Å². The number of H-pyrrole nitrogens is 1. The highest BCUT2D eigenvalue weighted by Gasteiger charge is 2.66. The minimum absolute atomic E-state index is 0.00700. The summed E-state index contributed by atoms with van der Waals surface area (Å²) in [6, 6.07) is 6.25. The van der Waals surface area contributed by atoms with Gasteiger partial charge in [-0.3, -0.25) is 9.69 Å². The van der Waals surface area contributed by atoms with Gasteiger partial charge in [-0.25, -0.2) is 0 Å². The molecule has 7 atom stereocenters. The average Bonchev–Trinajstić information content (AvgIpc) is 3.52. The second kappa shape index (κ2) is 10.9. The first-order chi connectivity index (χ1) is 21.0. The fourth-order valence-corrected chi connectivity index (χ4v) is 10.5. The molecular weight excluding hydrogens is 536 g/mol. The fraction of sp³-hybridized carbons (Fsp3) is 0.639. The van der Waals surface area contributed by atoms with Crippen LogP contribution in [0.25, 0.3) is 10.9 Å². The van der Waals surface area contributed by atoms with Crippen molar-refractivity contribution in [2.45, 2.75) is 101 Å². The second-order valence-corrected chi connectivity index (χ2v) is 14.5. The van der Waals surface area contributed by atoms with E-state index < -0.39 is 5.60 Å². The van der Waals surface area contributed by atoms with Crippen molar-refractivity contribution in [2.75, 3.05) is 32.7 Å². The number of hydrogen-bond donors (Lipinski definition) is 4. The van der Waals surface area contributed by atoms with Crippen LogP contribution < -0.4 is 5.32 Å². The van der Waals surface area contributed by atoms with E-state index in [0.717, 1.165) is 95.0 Å². The van der Waals surface area contributed by atoms with Crippen LogP contribution in [0.2, 0.25) is 0 Å². The van der Waals surface area contributed by atoms with Crippen molar-refractivity contribution < 1.29 is 15.0 Å². The normalized spacial score (nSPS) is 39.3. The molecule has 0 radical (unpaired) electrons. The Labute approximate surface area is 255 Å². The van der Waals surface area contributed by atoms with Crippen LogP contribution in [0.15, 0.2) is 42.0 Å². The van der Waals surface area contributed by atoms with Gasteiger partial charge in [-0.05, 0) is 107 Å². The number of carbonyl (C=O) groups is 1. The third kappa shape index (κ3) is 4.56. The Morgan fingerprint density at radius 1 is 0.977 bits per heavy atom. The molecule has 1 aromatic heterocycles. The van der Waals surface area contributed by atoms with Gasteiger partial charge in [0.15, 0.2) is 0 Å². The minimum Gasteiger partial charge on any atom is -0.506 e. The number of rotatable bonds is 1. The summed E-state index contributed by atoms with van der Waals surface area (Å²) in [5, 5.41) is 28.9. The number of nitrogens with zero attached hydrogens (tertiary/aromatic N) is 2. The summed E-state index contributed by atoms with van der Waals surface area (Å²) in [6.45, 7) is 5.04. The average molecular weight is 585 g/mol. The lowest BCUT2D eigenvalue weighted by molar-refractivity contribution is -0.121. The number of allylic oxidation sites excluding steroid dienone is 2. The largest absolute Gasteiger partial charge is 0.506 e. The number of aromatic nitrogens is 1. The topological polar surface area (TPSA) is 91.8 Å². The van der Waals surface area contributed by atoms with Crippen LogP contribution in [-0.4, -0.2) is 81.2 Å². The van der Waals surface area contributed by atoms with Crippen molar-refractivity contribution in [1.29, 1.82) is 0 Å². The number of Topliss-reactive ketones (excluding diaryl/α,β-unsaturated/α-hetero) is 1. The highest BCUT2D eigenvalue weighted by atomic mass is 16.3. The molecule has 1 aliphatic carbocycles. The van der Waals surface area contributed by atoms with E-state index in [-0.39, 0.29) is 17.5 Å². The second-order valence-electron chi connectivity index (χ2n) is 14.5. The maximum absolute atomic E-state index is 13.1. The smallest absolute Gasteiger partial charge is 0.139 e. The van der Waals surface area contributed by atoms with E-state index in [2.05, 4.69) is 44.4 Å². The number of phenols is 1. The van der Waals surface area contributed by atoms with Crippen molar-refractivity contribution in [3.63, 3.8) is 0 Å². The van der Waals surface area contributed by atoms with Crippen molar-refractivity contribution in [3.05, 3.63) is 53.3 Å². The quantitative estimate of drug-likeness (QED) is 0.347. The fourth-order valence-electron chi connectivity index (χ4n) is 10.5. The van der Waals surface area contributed by atoms with Gasteiger partial charge in [0.05, 0.1) is 17.2 Å². The number of para-hydroxylation sites is 1. The molecule has 43 heavy (non-hydrogen) atoms. The Hall–Kier alpha value is -2.45. The Morgan fingerprint density at radius 3 is 2.81 bits per heavy atom. The zero-order chi connectivity index (χ0) is 29.2. The van der Waals surface area contributed by atoms with Crippen LogP contribution >= 0.6 is 0 Å². The lowest BCUT2D eigenvalue weighted by Crippen LogP contribution is -2.66. The molecule has 3 bridgehead atoms.